The normalized spacial score (nSPS) is 12.1. The van der Waals surface area contributed by atoms with Crippen LogP contribution in [0.3, 0.4) is 0 Å². The van der Waals surface area contributed by atoms with E-state index in [1.807, 2.05) is 56.4 Å². The number of rotatable bonds is 4. The van der Waals surface area contributed by atoms with Gasteiger partial charge < -0.3 is 0 Å². The Morgan fingerprint density at radius 2 is 1.80 bits per heavy atom. The molecule has 102 valence electrons. The van der Waals surface area contributed by atoms with Crippen LogP contribution in [0.1, 0.15) is 18.1 Å². The molecule has 0 fully saturated rings. The number of halogens is 1. The molecule has 0 aromatic heterocycles. The average Bonchev–Trinajstić information content (AvgIpc) is 2.49. The van der Waals surface area contributed by atoms with Gasteiger partial charge in [0.25, 0.3) is 0 Å². The van der Waals surface area contributed by atoms with E-state index in [4.69, 9.17) is 11.6 Å². The van der Waals surface area contributed by atoms with E-state index in [-0.39, 0.29) is 0 Å². The summed E-state index contributed by atoms with van der Waals surface area (Å²) >= 11 is 7.65. The third kappa shape index (κ3) is 3.53. The smallest absolute Gasteiger partial charge is 0.0726 e. The van der Waals surface area contributed by atoms with Crippen molar-refractivity contribution < 1.29 is 0 Å². The Labute approximate surface area is 129 Å². The van der Waals surface area contributed by atoms with Gasteiger partial charge in [0, 0.05) is 28.1 Å². The van der Waals surface area contributed by atoms with Crippen LogP contribution in [0.25, 0.3) is 0 Å². The minimum atomic E-state index is 0.737. The van der Waals surface area contributed by atoms with Gasteiger partial charge in [-0.2, -0.15) is 0 Å². The van der Waals surface area contributed by atoms with E-state index in [1.165, 1.54) is 4.90 Å². The van der Waals surface area contributed by atoms with Crippen molar-refractivity contribution >= 4 is 29.1 Å². The number of aliphatic imine (C=N–C) groups is 1. The van der Waals surface area contributed by atoms with Crippen molar-refractivity contribution in [2.75, 3.05) is 7.05 Å². The van der Waals surface area contributed by atoms with Crippen LogP contribution in [0.15, 0.2) is 69.9 Å². The molecule has 2 rings (SSSR count). The molecule has 2 aromatic carbocycles. The first-order valence-corrected chi connectivity index (χ1v) is 7.62. The summed E-state index contributed by atoms with van der Waals surface area (Å²) in [6, 6.07) is 16.1. The van der Waals surface area contributed by atoms with Crippen LogP contribution in [0.4, 0.5) is 0 Å². The van der Waals surface area contributed by atoms with E-state index in [9.17, 15) is 0 Å². The van der Waals surface area contributed by atoms with Crippen LogP contribution in [0, 0.1) is 0 Å². The number of benzene rings is 2. The summed E-state index contributed by atoms with van der Waals surface area (Å²) in [7, 11) is 1.82. The lowest BCUT2D eigenvalue weighted by Gasteiger charge is -2.10. The average molecular weight is 302 g/mol. The van der Waals surface area contributed by atoms with E-state index in [1.54, 1.807) is 11.8 Å². The summed E-state index contributed by atoms with van der Waals surface area (Å²) in [5.41, 5.74) is 3.19. The first-order chi connectivity index (χ1) is 9.76. The number of hydrogen-bond donors (Lipinski definition) is 0. The van der Waals surface area contributed by atoms with Crippen molar-refractivity contribution in [3.05, 3.63) is 76.2 Å². The highest BCUT2D eigenvalue weighted by atomic mass is 35.5. The summed E-state index contributed by atoms with van der Waals surface area (Å²) < 4.78 is 0. The molecular weight excluding hydrogens is 286 g/mol. The molecule has 20 heavy (non-hydrogen) atoms. The maximum atomic E-state index is 5.95. The molecule has 1 nitrogen and oxygen atoms in total. The van der Waals surface area contributed by atoms with Crippen LogP contribution >= 0.6 is 23.4 Å². The lowest BCUT2D eigenvalue weighted by atomic mass is 10.0. The number of hydrogen-bond acceptors (Lipinski definition) is 2. The summed E-state index contributed by atoms with van der Waals surface area (Å²) in [6.07, 6.45) is 2.03. The summed E-state index contributed by atoms with van der Waals surface area (Å²) in [6.45, 7) is 2.02. The topological polar surface area (TPSA) is 12.4 Å². The van der Waals surface area contributed by atoms with Gasteiger partial charge in [0.15, 0.2) is 0 Å². The van der Waals surface area contributed by atoms with Crippen molar-refractivity contribution in [3.8, 4) is 0 Å². The Balaban J connectivity index is 2.45. The second-order valence-electron chi connectivity index (χ2n) is 4.16. The van der Waals surface area contributed by atoms with E-state index in [0.29, 0.717) is 0 Å². The lowest BCUT2D eigenvalue weighted by Crippen LogP contribution is -2.04. The zero-order chi connectivity index (χ0) is 14.4. The fraction of sp³-hybridized carbons (Fsp3) is 0.118. The Kier molecular flexibility index (Phi) is 5.45. The van der Waals surface area contributed by atoms with E-state index in [0.717, 1.165) is 21.9 Å². The molecule has 0 spiro atoms. The van der Waals surface area contributed by atoms with Gasteiger partial charge in [0.2, 0.25) is 0 Å². The molecule has 0 N–H and O–H groups in total. The molecule has 0 amide bonds. The minimum Gasteiger partial charge on any atom is -0.287 e. The fourth-order valence-electron chi connectivity index (χ4n) is 1.92. The van der Waals surface area contributed by atoms with Crippen molar-refractivity contribution in [1.82, 2.24) is 0 Å². The number of nitrogens with zero attached hydrogens (tertiary/aromatic N) is 1. The van der Waals surface area contributed by atoms with Crippen LogP contribution in [-0.2, 0) is 0 Å². The zero-order valence-electron chi connectivity index (χ0n) is 11.5. The van der Waals surface area contributed by atoms with Gasteiger partial charge in [-0.15, -0.1) is 0 Å². The van der Waals surface area contributed by atoms with E-state index >= 15 is 0 Å². The SMILES string of the molecule is C/C=C/Sc1ccccc1C(=NC)c1ccc(Cl)cc1. The molecule has 0 bridgehead atoms. The Bertz CT molecular complexity index is 630. The van der Waals surface area contributed by atoms with Crippen molar-refractivity contribution in [3.63, 3.8) is 0 Å². The quantitative estimate of drug-likeness (QED) is 0.541. The number of thioether (sulfide) groups is 1. The minimum absolute atomic E-state index is 0.737. The van der Waals surface area contributed by atoms with Gasteiger partial charge >= 0.3 is 0 Å². The third-order valence-electron chi connectivity index (χ3n) is 2.81. The first-order valence-electron chi connectivity index (χ1n) is 6.36. The molecule has 0 unspecified atom stereocenters. The van der Waals surface area contributed by atoms with Gasteiger partial charge in [-0.25, -0.2) is 0 Å². The Morgan fingerprint density at radius 1 is 1.10 bits per heavy atom. The predicted octanol–water partition coefficient (Wildman–Crippen LogP) is 5.43. The van der Waals surface area contributed by atoms with Crippen LogP contribution in [0.2, 0.25) is 5.02 Å². The van der Waals surface area contributed by atoms with Gasteiger partial charge in [-0.3, -0.25) is 4.99 Å². The highest BCUT2D eigenvalue weighted by Crippen LogP contribution is 2.26. The Morgan fingerprint density at radius 3 is 2.45 bits per heavy atom. The van der Waals surface area contributed by atoms with Gasteiger partial charge in [-0.05, 0) is 30.5 Å². The first kappa shape index (κ1) is 14.9. The molecular formula is C17H16ClNS. The third-order valence-corrected chi connectivity index (χ3v) is 4.08. The van der Waals surface area contributed by atoms with Gasteiger partial charge in [-0.1, -0.05) is 59.8 Å². The molecule has 3 heteroatoms. The molecule has 0 aliphatic rings. The maximum Gasteiger partial charge on any atom is 0.0726 e. The second-order valence-corrected chi connectivity index (χ2v) is 5.55. The molecule has 0 atom stereocenters. The summed E-state index contributed by atoms with van der Waals surface area (Å²) in [4.78, 5) is 5.66. The molecule has 0 radical (unpaired) electrons. The lowest BCUT2D eigenvalue weighted by molar-refractivity contribution is 1.36. The summed E-state index contributed by atoms with van der Waals surface area (Å²) in [5, 5.41) is 2.81. The fourth-order valence-corrected chi connectivity index (χ4v) is 2.78. The largest absolute Gasteiger partial charge is 0.287 e. The molecule has 0 aliphatic carbocycles. The van der Waals surface area contributed by atoms with Crippen molar-refractivity contribution in [2.45, 2.75) is 11.8 Å². The molecule has 0 saturated carbocycles. The van der Waals surface area contributed by atoms with Crippen LogP contribution in [0.5, 0.6) is 0 Å². The standard InChI is InChI=1S/C17H16ClNS/c1-3-12-20-16-7-5-4-6-15(16)17(19-2)13-8-10-14(18)11-9-13/h3-12H,1-2H3/b12-3+,19-17?. The molecule has 0 heterocycles. The van der Waals surface area contributed by atoms with E-state index < -0.39 is 0 Å². The van der Waals surface area contributed by atoms with E-state index in [2.05, 4.69) is 22.5 Å². The highest BCUT2D eigenvalue weighted by Gasteiger charge is 2.10. The molecule has 0 aliphatic heterocycles. The second kappa shape index (κ2) is 7.32. The summed E-state index contributed by atoms with van der Waals surface area (Å²) in [5.74, 6) is 0. The monoisotopic (exact) mass is 301 g/mol. The van der Waals surface area contributed by atoms with Crippen LogP contribution < -0.4 is 0 Å². The number of allylic oxidation sites excluding steroid dienone is 1. The van der Waals surface area contributed by atoms with Gasteiger partial charge in [0.1, 0.15) is 0 Å². The Hall–Kier alpha value is -1.51. The highest BCUT2D eigenvalue weighted by molar-refractivity contribution is 8.02. The molecule has 0 saturated heterocycles. The zero-order valence-corrected chi connectivity index (χ0v) is 13.1. The maximum absolute atomic E-state index is 5.95. The molecule has 2 aromatic rings. The van der Waals surface area contributed by atoms with Gasteiger partial charge in [0.05, 0.1) is 5.71 Å². The van der Waals surface area contributed by atoms with Crippen LogP contribution in [-0.4, -0.2) is 12.8 Å². The van der Waals surface area contributed by atoms with Crippen molar-refractivity contribution in [2.24, 2.45) is 4.99 Å². The predicted molar refractivity (Wildman–Crippen MR) is 90.1 cm³/mol. The van der Waals surface area contributed by atoms with Crippen molar-refractivity contribution in [1.29, 1.82) is 0 Å².